The highest BCUT2D eigenvalue weighted by molar-refractivity contribution is 7.80. The van der Waals surface area contributed by atoms with Crippen molar-refractivity contribution < 1.29 is 9.53 Å². The number of nitrogens with one attached hydrogen (secondary N) is 2. The van der Waals surface area contributed by atoms with E-state index < -0.39 is 0 Å². The summed E-state index contributed by atoms with van der Waals surface area (Å²) < 4.78 is 5.17. The Balaban J connectivity index is 1.53. The van der Waals surface area contributed by atoms with Crippen LogP contribution in [0, 0.1) is 6.92 Å². The van der Waals surface area contributed by atoms with Crippen molar-refractivity contribution in [1.82, 2.24) is 5.32 Å². The first-order valence-electron chi connectivity index (χ1n) is 9.15. The van der Waals surface area contributed by atoms with Crippen molar-refractivity contribution >= 4 is 34.6 Å². The highest BCUT2D eigenvalue weighted by Crippen LogP contribution is 2.28. The zero-order chi connectivity index (χ0) is 19.2. The summed E-state index contributed by atoms with van der Waals surface area (Å²) in [5, 5.41) is 7.02. The van der Waals surface area contributed by atoms with Crippen molar-refractivity contribution in [2.75, 3.05) is 30.4 Å². The van der Waals surface area contributed by atoms with E-state index in [-0.39, 0.29) is 5.91 Å². The van der Waals surface area contributed by atoms with Crippen molar-refractivity contribution in [2.45, 2.75) is 26.2 Å². The Hall–Kier alpha value is -2.60. The van der Waals surface area contributed by atoms with Gasteiger partial charge in [0, 0.05) is 30.9 Å². The van der Waals surface area contributed by atoms with Crippen molar-refractivity contribution in [3.63, 3.8) is 0 Å². The molecule has 3 rings (SSSR count). The average molecular weight is 384 g/mol. The summed E-state index contributed by atoms with van der Waals surface area (Å²) in [5.41, 5.74) is 4.16. The van der Waals surface area contributed by atoms with E-state index in [1.165, 1.54) is 5.56 Å². The molecule has 27 heavy (non-hydrogen) atoms. The van der Waals surface area contributed by atoms with E-state index in [2.05, 4.69) is 22.8 Å². The van der Waals surface area contributed by atoms with Crippen LogP contribution in [0.4, 0.5) is 11.4 Å². The fraction of sp³-hybridized carbons (Fsp3) is 0.333. The van der Waals surface area contributed by atoms with E-state index in [0.717, 1.165) is 48.6 Å². The fourth-order valence-electron chi connectivity index (χ4n) is 3.17. The number of amides is 1. The molecule has 1 saturated heterocycles. The van der Waals surface area contributed by atoms with Crippen LogP contribution < -0.4 is 20.3 Å². The van der Waals surface area contributed by atoms with Gasteiger partial charge in [-0.15, -0.1) is 0 Å². The number of ether oxygens (including phenoxy) is 1. The third-order valence-electron chi connectivity index (χ3n) is 4.69. The zero-order valence-corrected chi connectivity index (χ0v) is 16.6. The van der Waals surface area contributed by atoms with Gasteiger partial charge in [-0.05, 0) is 67.4 Å². The standard InChI is InChI=1S/C21H25N3O2S/c1-15-5-8-17(14-19(15)24-13-3-4-20(24)25)23-21(27)22-12-11-16-6-9-18(26-2)10-7-16/h5-10,14H,3-4,11-13H2,1-2H3,(H2,22,23,27). The molecule has 0 aromatic heterocycles. The van der Waals surface area contributed by atoms with Gasteiger partial charge >= 0.3 is 0 Å². The number of aryl methyl sites for hydroxylation is 1. The van der Waals surface area contributed by atoms with Crippen LogP contribution in [0.15, 0.2) is 42.5 Å². The molecule has 1 aliphatic rings. The summed E-state index contributed by atoms with van der Waals surface area (Å²) in [4.78, 5) is 13.9. The Labute approximate surface area is 165 Å². The molecule has 0 aliphatic carbocycles. The number of rotatable bonds is 6. The van der Waals surface area contributed by atoms with Crippen LogP contribution in [0.1, 0.15) is 24.0 Å². The number of carbonyl (C=O) groups excluding carboxylic acids is 1. The number of hydrogen-bond donors (Lipinski definition) is 2. The van der Waals surface area contributed by atoms with Gasteiger partial charge < -0.3 is 20.3 Å². The van der Waals surface area contributed by atoms with Crippen molar-refractivity contribution in [3.05, 3.63) is 53.6 Å². The van der Waals surface area contributed by atoms with Crippen LogP contribution in [-0.2, 0) is 11.2 Å². The summed E-state index contributed by atoms with van der Waals surface area (Å²) in [6.07, 6.45) is 2.41. The highest BCUT2D eigenvalue weighted by atomic mass is 32.1. The van der Waals surface area contributed by atoms with Crippen LogP contribution >= 0.6 is 12.2 Å². The Morgan fingerprint density at radius 3 is 2.67 bits per heavy atom. The molecular weight excluding hydrogens is 358 g/mol. The molecule has 1 fully saturated rings. The molecular formula is C21H25N3O2S. The quantitative estimate of drug-likeness (QED) is 0.746. The Morgan fingerprint density at radius 2 is 2.00 bits per heavy atom. The van der Waals surface area contributed by atoms with Crippen molar-refractivity contribution in [1.29, 1.82) is 0 Å². The maximum atomic E-state index is 12.0. The minimum atomic E-state index is 0.190. The maximum Gasteiger partial charge on any atom is 0.227 e. The van der Waals surface area contributed by atoms with Gasteiger partial charge in [-0.25, -0.2) is 0 Å². The fourth-order valence-corrected chi connectivity index (χ4v) is 3.39. The van der Waals surface area contributed by atoms with Gasteiger partial charge in [0.1, 0.15) is 5.75 Å². The lowest BCUT2D eigenvalue weighted by molar-refractivity contribution is -0.117. The molecule has 0 spiro atoms. The second-order valence-electron chi connectivity index (χ2n) is 6.63. The number of anilines is 2. The van der Waals surface area contributed by atoms with Crippen LogP contribution in [0.3, 0.4) is 0 Å². The molecule has 0 radical (unpaired) electrons. The number of benzene rings is 2. The molecule has 142 valence electrons. The molecule has 1 aliphatic heterocycles. The highest BCUT2D eigenvalue weighted by Gasteiger charge is 2.23. The Morgan fingerprint density at radius 1 is 1.22 bits per heavy atom. The number of thiocarbonyl (C=S) groups is 1. The lowest BCUT2D eigenvalue weighted by atomic mass is 10.1. The van der Waals surface area contributed by atoms with Crippen LogP contribution in [0.2, 0.25) is 0 Å². The van der Waals surface area contributed by atoms with E-state index in [1.807, 2.05) is 42.2 Å². The molecule has 6 heteroatoms. The lowest BCUT2D eigenvalue weighted by Crippen LogP contribution is -2.30. The molecule has 1 amide bonds. The molecule has 1 heterocycles. The summed E-state index contributed by atoms with van der Waals surface area (Å²) in [6, 6.07) is 14.0. The smallest absolute Gasteiger partial charge is 0.227 e. The van der Waals surface area contributed by atoms with Gasteiger partial charge in [-0.2, -0.15) is 0 Å². The summed E-state index contributed by atoms with van der Waals surface area (Å²) in [5.74, 6) is 1.05. The van der Waals surface area contributed by atoms with Gasteiger partial charge in [-0.1, -0.05) is 18.2 Å². The summed E-state index contributed by atoms with van der Waals surface area (Å²) in [7, 11) is 1.66. The molecule has 0 saturated carbocycles. The van der Waals surface area contributed by atoms with Crippen LogP contribution in [-0.4, -0.2) is 31.2 Å². The van der Waals surface area contributed by atoms with E-state index in [9.17, 15) is 4.79 Å². The van der Waals surface area contributed by atoms with Crippen molar-refractivity contribution in [3.8, 4) is 5.75 Å². The topological polar surface area (TPSA) is 53.6 Å². The molecule has 0 atom stereocenters. The van der Waals surface area contributed by atoms with Crippen LogP contribution in [0.5, 0.6) is 5.75 Å². The monoisotopic (exact) mass is 383 g/mol. The third kappa shape index (κ3) is 4.98. The van der Waals surface area contributed by atoms with E-state index >= 15 is 0 Å². The first-order valence-corrected chi connectivity index (χ1v) is 9.56. The first kappa shape index (κ1) is 19.2. The number of methoxy groups -OCH3 is 1. The minimum absolute atomic E-state index is 0.190. The molecule has 5 nitrogen and oxygen atoms in total. The number of hydrogen-bond acceptors (Lipinski definition) is 3. The number of carbonyl (C=O) groups is 1. The van der Waals surface area contributed by atoms with E-state index in [0.29, 0.717) is 11.5 Å². The maximum absolute atomic E-state index is 12.0. The first-order chi connectivity index (χ1) is 13.1. The molecule has 0 unspecified atom stereocenters. The normalized spacial score (nSPS) is 13.6. The van der Waals surface area contributed by atoms with Crippen molar-refractivity contribution in [2.24, 2.45) is 0 Å². The van der Waals surface area contributed by atoms with Gasteiger partial charge in [0.15, 0.2) is 5.11 Å². The predicted molar refractivity (Wildman–Crippen MR) is 114 cm³/mol. The average Bonchev–Trinajstić information content (AvgIpc) is 3.09. The number of nitrogens with zero attached hydrogens (tertiary/aromatic N) is 1. The van der Waals surface area contributed by atoms with E-state index in [1.54, 1.807) is 7.11 Å². The largest absolute Gasteiger partial charge is 0.497 e. The Bertz CT molecular complexity index is 821. The van der Waals surface area contributed by atoms with Crippen LogP contribution in [0.25, 0.3) is 0 Å². The second kappa shape index (κ2) is 8.86. The summed E-state index contributed by atoms with van der Waals surface area (Å²) in [6.45, 7) is 3.55. The van der Waals surface area contributed by atoms with Gasteiger partial charge in [0.2, 0.25) is 5.91 Å². The molecule has 2 aromatic rings. The third-order valence-corrected chi connectivity index (χ3v) is 4.94. The molecule has 0 bridgehead atoms. The zero-order valence-electron chi connectivity index (χ0n) is 15.7. The lowest BCUT2D eigenvalue weighted by Gasteiger charge is -2.20. The minimum Gasteiger partial charge on any atom is -0.497 e. The summed E-state index contributed by atoms with van der Waals surface area (Å²) >= 11 is 5.40. The SMILES string of the molecule is COc1ccc(CCNC(=S)Nc2ccc(C)c(N3CCCC3=O)c2)cc1. The Kier molecular flexibility index (Phi) is 6.29. The van der Waals surface area contributed by atoms with Gasteiger partial charge in [0.05, 0.1) is 7.11 Å². The van der Waals surface area contributed by atoms with Gasteiger partial charge in [0.25, 0.3) is 0 Å². The van der Waals surface area contributed by atoms with E-state index in [4.69, 9.17) is 17.0 Å². The molecule has 2 aromatic carbocycles. The molecule has 2 N–H and O–H groups in total. The predicted octanol–water partition coefficient (Wildman–Crippen LogP) is 3.66. The second-order valence-corrected chi connectivity index (χ2v) is 7.04. The van der Waals surface area contributed by atoms with Gasteiger partial charge in [-0.3, -0.25) is 4.79 Å².